The Kier molecular flexibility index (Phi) is 184. The summed E-state index contributed by atoms with van der Waals surface area (Å²) in [7, 11) is 3.63. The SMILES string of the molecule is CN(C)[C](=[Cr])C#N.[C-]#[O+].[C-]#[O+].[C-]#[O+].[C-]#[O+].[C-]#[O+]. The van der Waals surface area contributed by atoms with Crippen LogP contribution in [0.5, 0.6) is 0 Å². The van der Waals surface area contributed by atoms with Crippen molar-refractivity contribution in [2.75, 3.05) is 14.1 Å². The summed E-state index contributed by atoms with van der Waals surface area (Å²) in [6, 6.07) is 1.95. The van der Waals surface area contributed by atoms with Gasteiger partial charge in [0.1, 0.15) is 0 Å². The molecule has 0 saturated heterocycles. The molecular weight excluding hydrogens is 268 g/mol. The van der Waals surface area contributed by atoms with Gasteiger partial charge in [0.2, 0.25) is 0 Å². The number of rotatable bonds is 1. The van der Waals surface area contributed by atoms with Gasteiger partial charge in [0.15, 0.2) is 0 Å². The summed E-state index contributed by atoms with van der Waals surface area (Å²) in [5.74, 6) is 0. The second-order valence-electron chi connectivity index (χ2n) is 1.31. The van der Waals surface area contributed by atoms with Gasteiger partial charge in [-0.25, -0.2) is 0 Å². The fraction of sp³-hybridized carbons (Fsp3) is 0.222. The summed E-state index contributed by atoms with van der Waals surface area (Å²) in [6.07, 6.45) is 0. The Bertz CT molecular complexity index is 248. The van der Waals surface area contributed by atoms with E-state index in [0.717, 1.165) is 0 Å². The van der Waals surface area contributed by atoms with Gasteiger partial charge in [-0.05, 0) is 0 Å². The predicted molar refractivity (Wildman–Crippen MR) is 44.0 cm³/mol. The van der Waals surface area contributed by atoms with Crippen LogP contribution in [0.2, 0.25) is 0 Å². The molecule has 8 heteroatoms. The molecule has 0 amide bonds. The summed E-state index contributed by atoms with van der Waals surface area (Å²) < 4.78 is 38.1. The molecule has 0 aliphatic carbocycles. The maximum atomic E-state index is 8.15. The minimum absolute atomic E-state index is 0.611. The number of nitriles is 1. The third kappa shape index (κ3) is 111. The van der Waals surface area contributed by atoms with Crippen LogP contribution in [0, 0.1) is 44.6 Å². The minimum atomic E-state index is 0.611. The molecule has 0 heterocycles. The van der Waals surface area contributed by atoms with Crippen LogP contribution in [0.4, 0.5) is 0 Å². The zero-order valence-corrected chi connectivity index (χ0v) is 10.1. The first-order chi connectivity index (χ1) is 8.18. The molecule has 0 atom stereocenters. The Morgan fingerprint density at radius 3 is 1.06 bits per heavy atom. The van der Waals surface area contributed by atoms with E-state index >= 15 is 0 Å². The van der Waals surface area contributed by atoms with Crippen LogP contribution in [-0.4, -0.2) is 23.5 Å². The standard InChI is InChI=1S/C4H6N2.5CO.Cr/c1-6(2)4-3-5;5*1-2;/h1-2H3;;;;;;. The van der Waals surface area contributed by atoms with Gasteiger partial charge in [0.25, 0.3) is 0 Å². The van der Waals surface area contributed by atoms with Crippen molar-refractivity contribution in [1.82, 2.24) is 4.90 Å². The van der Waals surface area contributed by atoms with E-state index in [-0.39, 0.29) is 0 Å². The molecule has 0 aromatic heterocycles. The normalized spacial score (nSPS) is 4.00. The Balaban J connectivity index is -0.0000000257. The van der Waals surface area contributed by atoms with Crippen molar-refractivity contribution in [1.29, 1.82) is 5.26 Å². The van der Waals surface area contributed by atoms with Crippen LogP contribution < -0.4 is 0 Å². The van der Waals surface area contributed by atoms with E-state index in [2.05, 4.69) is 49.1 Å². The summed E-state index contributed by atoms with van der Waals surface area (Å²) in [6.45, 7) is 22.5. The first kappa shape index (κ1) is 36.1. The fourth-order valence-electron chi connectivity index (χ4n) is 0.100. The van der Waals surface area contributed by atoms with Crippen LogP contribution in [0.1, 0.15) is 0 Å². The molecule has 0 saturated carbocycles. The first-order valence-corrected chi connectivity index (χ1v) is 3.45. The second kappa shape index (κ2) is 86.7. The van der Waals surface area contributed by atoms with Gasteiger partial charge in [-0.15, -0.1) is 0 Å². The number of hydrogen-bond donors (Lipinski definition) is 0. The zero-order chi connectivity index (χ0) is 15.9. The topological polar surface area (TPSA) is 127 Å². The molecular formula is C9H6CrN2O5. The van der Waals surface area contributed by atoms with Crippen molar-refractivity contribution in [2.24, 2.45) is 0 Å². The number of hydrogen-bond acceptors (Lipinski definition) is 2. The quantitative estimate of drug-likeness (QED) is 0.474. The summed E-state index contributed by atoms with van der Waals surface area (Å²) in [5, 5.41) is 8.15. The molecule has 0 rings (SSSR count). The van der Waals surface area contributed by atoms with Crippen LogP contribution in [0.25, 0.3) is 0 Å². The van der Waals surface area contributed by atoms with Crippen LogP contribution >= 0.6 is 0 Å². The number of nitrogens with zero attached hydrogens (tertiary/aromatic N) is 2. The van der Waals surface area contributed by atoms with Crippen molar-refractivity contribution in [3.05, 3.63) is 33.3 Å². The fourth-order valence-corrected chi connectivity index (χ4v) is 0.100. The van der Waals surface area contributed by atoms with Crippen molar-refractivity contribution < 1.29 is 39.1 Å². The summed E-state index contributed by atoms with van der Waals surface area (Å²) in [5.41, 5.74) is 0. The van der Waals surface area contributed by atoms with Crippen molar-refractivity contribution in [3.63, 3.8) is 0 Å². The molecule has 17 heavy (non-hydrogen) atoms. The Morgan fingerprint density at radius 1 is 0.882 bits per heavy atom. The van der Waals surface area contributed by atoms with E-state index in [0.29, 0.717) is 4.50 Å². The van der Waals surface area contributed by atoms with Crippen LogP contribution in [0.15, 0.2) is 0 Å². The van der Waals surface area contributed by atoms with Gasteiger partial charge in [-0.3, -0.25) is 0 Å². The molecule has 0 radical (unpaired) electrons. The third-order valence-corrected chi connectivity index (χ3v) is 1.21. The van der Waals surface area contributed by atoms with Gasteiger partial charge in [-0.2, -0.15) is 0 Å². The van der Waals surface area contributed by atoms with E-state index in [1.54, 1.807) is 4.90 Å². The van der Waals surface area contributed by atoms with Gasteiger partial charge in [-0.1, -0.05) is 0 Å². The average molecular weight is 274 g/mol. The van der Waals surface area contributed by atoms with E-state index in [1.165, 1.54) is 0 Å². The van der Waals surface area contributed by atoms with E-state index < -0.39 is 0 Å². The molecule has 0 aromatic carbocycles. The monoisotopic (exact) mass is 274 g/mol. The molecule has 0 N–H and O–H groups in total. The molecule has 0 aromatic rings. The molecule has 7 nitrogen and oxygen atoms in total. The third-order valence-electron chi connectivity index (χ3n) is 0.502. The molecule has 0 fully saturated rings. The molecule has 0 bridgehead atoms. The average Bonchev–Trinajstić information content (AvgIpc) is 2.48. The van der Waals surface area contributed by atoms with Gasteiger partial charge >= 0.3 is 107 Å². The molecule has 88 valence electrons. The van der Waals surface area contributed by atoms with E-state index in [1.807, 2.05) is 20.2 Å². The molecule has 0 aliphatic rings. The van der Waals surface area contributed by atoms with E-state index in [4.69, 9.17) is 28.5 Å². The first-order valence-electron chi connectivity index (χ1n) is 2.82. The van der Waals surface area contributed by atoms with Crippen molar-refractivity contribution in [3.8, 4) is 6.07 Å². The Labute approximate surface area is 108 Å². The molecule has 0 spiro atoms. The zero-order valence-electron chi connectivity index (χ0n) is 8.84. The van der Waals surface area contributed by atoms with Crippen LogP contribution in [-0.2, 0) is 39.1 Å². The summed E-state index contributed by atoms with van der Waals surface area (Å²) in [4.78, 5) is 1.72. The van der Waals surface area contributed by atoms with Crippen molar-refractivity contribution in [2.45, 2.75) is 0 Å². The Hall–Kier alpha value is -1.45. The molecule has 0 unspecified atom stereocenters. The Morgan fingerprint density at radius 2 is 1.06 bits per heavy atom. The van der Waals surface area contributed by atoms with Crippen LogP contribution in [0.3, 0.4) is 0 Å². The van der Waals surface area contributed by atoms with Gasteiger partial charge in [0, 0.05) is 0 Å². The molecule has 0 aliphatic heterocycles. The van der Waals surface area contributed by atoms with Crippen molar-refractivity contribution >= 4 is 4.50 Å². The van der Waals surface area contributed by atoms with Gasteiger partial charge < -0.3 is 0 Å². The van der Waals surface area contributed by atoms with Gasteiger partial charge in [0.05, 0.1) is 0 Å². The maximum absolute atomic E-state index is 8.15. The summed E-state index contributed by atoms with van der Waals surface area (Å²) >= 11 is 2.61. The van der Waals surface area contributed by atoms with E-state index in [9.17, 15) is 0 Å². The predicted octanol–water partition coefficient (Wildman–Crippen LogP) is -0.439. The second-order valence-corrected chi connectivity index (χ2v) is 1.92.